The SMILES string of the molecule is CC(C)(CCCCCCc1cc(O)c(O)c(CCCCCCC2(OC=O)CC2)c1)C(=O)O. The molecule has 0 bridgehead atoms. The number of benzene rings is 1. The van der Waals surface area contributed by atoms with Gasteiger partial charge in [0.15, 0.2) is 11.5 Å². The zero-order valence-corrected chi connectivity index (χ0v) is 19.7. The third-order valence-electron chi connectivity index (χ3n) is 6.76. The van der Waals surface area contributed by atoms with E-state index in [-0.39, 0.29) is 17.1 Å². The van der Waals surface area contributed by atoms with E-state index >= 15 is 0 Å². The number of carboxylic acid groups (broad SMARTS) is 1. The van der Waals surface area contributed by atoms with Crippen LogP contribution in [0.15, 0.2) is 12.1 Å². The Kier molecular flexibility index (Phi) is 9.85. The summed E-state index contributed by atoms with van der Waals surface area (Å²) < 4.78 is 5.17. The van der Waals surface area contributed by atoms with Crippen LogP contribution in [0.5, 0.6) is 11.5 Å². The molecule has 0 aliphatic heterocycles. The van der Waals surface area contributed by atoms with Crippen molar-refractivity contribution in [3.8, 4) is 11.5 Å². The molecule has 0 amide bonds. The number of hydrogen-bond donors (Lipinski definition) is 3. The van der Waals surface area contributed by atoms with Crippen molar-refractivity contribution in [2.24, 2.45) is 5.41 Å². The molecule has 0 heterocycles. The maximum atomic E-state index is 11.1. The van der Waals surface area contributed by atoms with Gasteiger partial charge in [0, 0.05) is 0 Å². The van der Waals surface area contributed by atoms with Crippen molar-refractivity contribution in [2.45, 2.75) is 109 Å². The molecule has 1 aliphatic carbocycles. The van der Waals surface area contributed by atoms with Gasteiger partial charge in [-0.25, -0.2) is 0 Å². The molecule has 1 aliphatic rings. The summed E-state index contributed by atoms with van der Waals surface area (Å²) in [5.41, 5.74) is 0.987. The molecule has 0 spiro atoms. The third-order valence-corrected chi connectivity index (χ3v) is 6.76. The van der Waals surface area contributed by atoms with Crippen molar-refractivity contribution in [1.29, 1.82) is 0 Å². The Bertz CT molecular complexity index is 751. The number of carbonyl (C=O) groups excluding carboxylic acids is 1. The van der Waals surface area contributed by atoms with Crippen molar-refractivity contribution >= 4 is 12.4 Å². The largest absolute Gasteiger partial charge is 0.504 e. The highest BCUT2D eigenvalue weighted by molar-refractivity contribution is 5.73. The Hall–Kier alpha value is -2.24. The lowest BCUT2D eigenvalue weighted by atomic mass is 9.87. The fourth-order valence-corrected chi connectivity index (χ4v) is 4.22. The van der Waals surface area contributed by atoms with Crippen LogP contribution in [-0.2, 0) is 27.2 Å². The highest BCUT2D eigenvalue weighted by atomic mass is 16.5. The van der Waals surface area contributed by atoms with Crippen LogP contribution in [0.1, 0.15) is 102 Å². The van der Waals surface area contributed by atoms with Crippen LogP contribution in [0, 0.1) is 5.41 Å². The maximum Gasteiger partial charge on any atom is 0.309 e. The second kappa shape index (κ2) is 12.1. The maximum absolute atomic E-state index is 11.1. The first-order valence-corrected chi connectivity index (χ1v) is 12.1. The molecule has 1 saturated carbocycles. The van der Waals surface area contributed by atoms with Gasteiger partial charge in [0.05, 0.1) is 5.41 Å². The minimum atomic E-state index is -0.747. The molecule has 0 radical (unpaired) electrons. The van der Waals surface area contributed by atoms with Gasteiger partial charge in [-0.2, -0.15) is 0 Å². The molecular weight excluding hydrogens is 408 g/mol. The van der Waals surface area contributed by atoms with Crippen LogP contribution in [0.2, 0.25) is 0 Å². The van der Waals surface area contributed by atoms with Crippen LogP contribution in [-0.4, -0.2) is 33.4 Å². The second-order valence-corrected chi connectivity index (χ2v) is 10.0. The number of aliphatic carboxylic acids is 1. The number of ether oxygens (including phenoxy) is 1. The molecule has 2 rings (SSSR count). The summed E-state index contributed by atoms with van der Waals surface area (Å²) in [7, 11) is 0. The molecule has 1 fully saturated rings. The summed E-state index contributed by atoms with van der Waals surface area (Å²) in [5, 5.41) is 29.5. The lowest BCUT2D eigenvalue weighted by Crippen LogP contribution is -2.23. The number of aromatic hydroxyl groups is 2. The molecule has 0 saturated heterocycles. The van der Waals surface area contributed by atoms with Crippen LogP contribution in [0.4, 0.5) is 0 Å². The number of phenols is 2. The van der Waals surface area contributed by atoms with E-state index < -0.39 is 11.4 Å². The lowest BCUT2D eigenvalue weighted by molar-refractivity contribution is -0.147. The quantitative estimate of drug-likeness (QED) is 0.156. The van der Waals surface area contributed by atoms with Crippen LogP contribution in [0.3, 0.4) is 0 Å². The monoisotopic (exact) mass is 448 g/mol. The predicted molar refractivity (Wildman–Crippen MR) is 124 cm³/mol. The van der Waals surface area contributed by atoms with E-state index in [0.29, 0.717) is 12.9 Å². The average molecular weight is 449 g/mol. The highest BCUT2D eigenvalue weighted by Gasteiger charge is 2.44. The molecule has 32 heavy (non-hydrogen) atoms. The van der Waals surface area contributed by atoms with Crippen LogP contribution < -0.4 is 0 Å². The van der Waals surface area contributed by atoms with E-state index in [0.717, 1.165) is 94.6 Å². The number of hydrogen-bond acceptors (Lipinski definition) is 5. The van der Waals surface area contributed by atoms with Crippen molar-refractivity contribution in [1.82, 2.24) is 0 Å². The van der Waals surface area contributed by atoms with E-state index in [9.17, 15) is 19.8 Å². The molecule has 3 N–H and O–H groups in total. The van der Waals surface area contributed by atoms with E-state index in [1.807, 2.05) is 6.07 Å². The van der Waals surface area contributed by atoms with Gasteiger partial charge in [0.2, 0.25) is 0 Å². The number of unbranched alkanes of at least 4 members (excludes halogenated alkanes) is 6. The average Bonchev–Trinajstić information content (AvgIpc) is 3.50. The van der Waals surface area contributed by atoms with Gasteiger partial charge in [0.25, 0.3) is 6.47 Å². The summed E-state index contributed by atoms with van der Waals surface area (Å²) in [6.07, 6.45) is 13.1. The van der Waals surface area contributed by atoms with Gasteiger partial charge in [-0.15, -0.1) is 0 Å². The zero-order valence-electron chi connectivity index (χ0n) is 19.7. The Morgan fingerprint density at radius 2 is 1.62 bits per heavy atom. The minimum absolute atomic E-state index is 0.0130. The molecule has 0 aromatic heterocycles. The molecule has 1 aromatic carbocycles. The number of phenolic OH excluding ortho intramolecular Hbond substituents is 2. The minimum Gasteiger partial charge on any atom is -0.504 e. The first-order chi connectivity index (χ1) is 15.2. The summed E-state index contributed by atoms with van der Waals surface area (Å²) in [5.74, 6) is -0.813. The van der Waals surface area contributed by atoms with Crippen molar-refractivity contribution in [3.63, 3.8) is 0 Å². The fourth-order valence-electron chi connectivity index (χ4n) is 4.22. The Morgan fingerprint density at radius 1 is 1.00 bits per heavy atom. The van der Waals surface area contributed by atoms with Gasteiger partial charge in [-0.1, -0.05) is 38.2 Å². The first-order valence-electron chi connectivity index (χ1n) is 12.1. The third kappa shape index (κ3) is 8.36. The molecule has 6 nitrogen and oxygen atoms in total. The molecule has 0 unspecified atom stereocenters. The Morgan fingerprint density at radius 3 is 2.25 bits per heavy atom. The summed E-state index contributed by atoms with van der Waals surface area (Å²) >= 11 is 0. The van der Waals surface area contributed by atoms with Gasteiger partial charge in [-0.3, -0.25) is 9.59 Å². The van der Waals surface area contributed by atoms with Gasteiger partial charge in [0.1, 0.15) is 5.60 Å². The van der Waals surface area contributed by atoms with E-state index in [1.165, 1.54) is 0 Å². The van der Waals surface area contributed by atoms with Crippen molar-refractivity contribution in [2.75, 3.05) is 0 Å². The van der Waals surface area contributed by atoms with Crippen LogP contribution >= 0.6 is 0 Å². The standard InChI is InChI=1S/C26H40O6/c1-25(2,24(30)31)13-9-5-3-7-11-20-17-21(23(29)22(28)18-20)12-8-4-6-10-14-26(15-16-26)32-19-27/h17-19,28-29H,3-16H2,1-2H3,(H,30,31). The number of aryl methyl sites for hydroxylation is 2. The van der Waals surface area contributed by atoms with E-state index in [2.05, 4.69) is 0 Å². The van der Waals surface area contributed by atoms with Crippen molar-refractivity contribution < 1.29 is 29.6 Å². The molecule has 0 atom stereocenters. The Balaban J connectivity index is 1.67. The molecular formula is C26H40O6. The highest BCUT2D eigenvalue weighted by Crippen LogP contribution is 2.43. The van der Waals surface area contributed by atoms with E-state index in [4.69, 9.17) is 9.84 Å². The van der Waals surface area contributed by atoms with Crippen LogP contribution in [0.25, 0.3) is 0 Å². The Labute approximate surface area is 192 Å². The van der Waals surface area contributed by atoms with Crippen molar-refractivity contribution in [3.05, 3.63) is 23.3 Å². The normalized spacial score (nSPS) is 14.8. The predicted octanol–water partition coefficient (Wildman–Crippen LogP) is 5.90. The molecule has 1 aromatic rings. The molecule has 6 heteroatoms. The first kappa shape index (κ1) is 26.0. The van der Waals surface area contributed by atoms with Gasteiger partial charge >= 0.3 is 5.97 Å². The molecule has 180 valence electrons. The zero-order chi connectivity index (χ0) is 23.6. The summed E-state index contributed by atoms with van der Waals surface area (Å²) in [4.78, 5) is 21.7. The van der Waals surface area contributed by atoms with Gasteiger partial charge < -0.3 is 20.1 Å². The van der Waals surface area contributed by atoms with Gasteiger partial charge in [-0.05, 0) is 88.8 Å². The lowest BCUT2D eigenvalue weighted by Gasteiger charge is -2.18. The topological polar surface area (TPSA) is 104 Å². The second-order valence-electron chi connectivity index (χ2n) is 10.0. The summed E-state index contributed by atoms with van der Waals surface area (Å²) in [6, 6.07) is 3.65. The summed E-state index contributed by atoms with van der Waals surface area (Å²) in [6.45, 7) is 4.10. The number of rotatable bonds is 17. The smallest absolute Gasteiger partial charge is 0.309 e. The van der Waals surface area contributed by atoms with E-state index in [1.54, 1.807) is 19.9 Å². The number of carboxylic acids is 1. The number of carbonyl (C=O) groups is 2. The fraction of sp³-hybridized carbons (Fsp3) is 0.692.